The maximum Gasteiger partial charge on any atom is 0.257 e. The molecule has 0 spiro atoms. The predicted molar refractivity (Wildman–Crippen MR) is 112 cm³/mol. The number of benzene rings is 2. The quantitative estimate of drug-likeness (QED) is 0.470. The zero-order valence-corrected chi connectivity index (χ0v) is 16.2. The molecule has 0 unspecified atom stereocenters. The van der Waals surface area contributed by atoms with E-state index in [1.807, 2.05) is 73.7 Å². The molecule has 2 aromatic heterocycles. The Hall–Kier alpha value is -3.05. The van der Waals surface area contributed by atoms with E-state index in [1.54, 1.807) is 6.20 Å². The van der Waals surface area contributed by atoms with Crippen molar-refractivity contribution in [2.24, 2.45) is 0 Å². The molecule has 0 atom stereocenters. The van der Waals surface area contributed by atoms with Crippen molar-refractivity contribution in [3.8, 4) is 11.3 Å². The van der Waals surface area contributed by atoms with Crippen molar-refractivity contribution in [1.29, 1.82) is 0 Å². The van der Waals surface area contributed by atoms with Crippen LogP contribution in [-0.4, -0.2) is 15.9 Å². The minimum Gasteiger partial charge on any atom is -0.307 e. The molecule has 0 aliphatic rings. The van der Waals surface area contributed by atoms with Crippen LogP contribution in [0.3, 0.4) is 0 Å². The van der Waals surface area contributed by atoms with Gasteiger partial charge in [0.2, 0.25) is 0 Å². The minimum absolute atomic E-state index is 0.204. The molecule has 0 aliphatic heterocycles. The summed E-state index contributed by atoms with van der Waals surface area (Å²) in [6.07, 6.45) is 1.68. The van der Waals surface area contributed by atoms with E-state index < -0.39 is 0 Å². The summed E-state index contributed by atoms with van der Waals surface area (Å²) in [5, 5.41) is 3.70. The summed E-state index contributed by atoms with van der Waals surface area (Å²) in [6, 6.07) is 21.1. The summed E-state index contributed by atoms with van der Waals surface area (Å²) >= 11 is 3.45. The number of rotatable bonds is 3. The molecule has 0 aliphatic carbocycles. The first-order chi connectivity index (χ1) is 13.1. The van der Waals surface area contributed by atoms with E-state index in [4.69, 9.17) is 4.98 Å². The molecule has 27 heavy (non-hydrogen) atoms. The first-order valence-electron chi connectivity index (χ1n) is 8.50. The van der Waals surface area contributed by atoms with Gasteiger partial charge in [-0.1, -0.05) is 46.3 Å². The van der Waals surface area contributed by atoms with E-state index in [9.17, 15) is 4.79 Å². The normalized spacial score (nSPS) is 10.7. The van der Waals surface area contributed by atoms with E-state index in [1.165, 1.54) is 0 Å². The predicted octanol–water partition coefficient (Wildman–Crippen LogP) is 5.62. The second kappa shape index (κ2) is 7.29. The first-order valence-corrected chi connectivity index (χ1v) is 9.29. The van der Waals surface area contributed by atoms with Crippen LogP contribution in [0, 0.1) is 6.92 Å². The molecule has 1 amide bonds. The van der Waals surface area contributed by atoms with E-state index in [2.05, 4.69) is 26.2 Å². The number of aryl methyl sites for hydroxylation is 1. The summed E-state index contributed by atoms with van der Waals surface area (Å²) in [5.74, 6) is 0.330. The number of carbonyl (C=O) groups excluding carboxylic acids is 1. The average molecular weight is 418 g/mol. The molecule has 0 saturated carbocycles. The van der Waals surface area contributed by atoms with Crippen molar-refractivity contribution in [3.63, 3.8) is 0 Å². The Morgan fingerprint density at radius 2 is 1.78 bits per heavy atom. The molecule has 0 bridgehead atoms. The van der Waals surface area contributed by atoms with Crippen molar-refractivity contribution in [2.45, 2.75) is 6.92 Å². The topological polar surface area (TPSA) is 54.9 Å². The molecule has 2 aromatic carbocycles. The van der Waals surface area contributed by atoms with E-state index in [-0.39, 0.29) is 5.91 Å². The lowest BCUT2D eigenvalue weighted by molar-refractivity contribution is 0.102. The van der Waals surface area contributed by atoms with Gasteiger partial charge in [-0.25, -0.2) is 9.97 Å². The molecular weight excluding hydrogens is 402 g/mol. The largest absolute Gasteiger partial charge is 0.307 e. The van der Waals surface area contributed by atoms with Gasteiger partial charge in [0, 0.05) is 21.6 Å². The number of aromatic nitrogens is 2. The van der Waals surface area contributed by atoms with Crippen molar-refractivity contribution in [1.82, 2.24) is 9.97 Å². The summed E-state index contributed by atoms with van der Waals surface area (Å²) in [7, 11) is 0. The van der Waals surface area contributed by atoms with Gasteiger partial charge in [-0.15, -0.1) is 0 Å². The Bertz CT molecular complexity index is 1140. The van der Waals surface area contributed by atoms with Gasteiger partial charge in [-0.2, -0.15) is 0 Å². The lowest BCUT2D eigenvalue weighted by atomic mass is 10.0. The number of amides is 1. The lowest BCUT2D eigenvalue weighted by Crippen LogP contribution is -2.14. The molecule has 4 rings (SSSR count). The van der Waals surface area contributed by atoms with Gasteiger partial charge in [0.1, 0.15) is 5.82 Å². The molecule has 4 nitrogen and oxygen atoms in total. The molecule has 0 saturated heterocycles. The van der Waals surface area contributed by atoms with Crippen LogP contribution in [0.2, 0.25) is 0 Å². The number of anilines is 1. The maximum atomic E-state index is 13.0. The molecule has 1 N–H and O–H groups in total. The van der Waals surface area contributed by atoms with Crippen molar-refractivity contribution >= 4 is 38.6 Å². The number of nitrogens with zero attached hydrogens (tertiary/aromatic N) is 2. The Labute approximate surface area is 165 Å². The molecule has 5 heteroatoms. The van der Waals surface area contributed by atoms with Crippen LogP contribution in [0.15, 0.2) is 77.4 Å². The summed E-state index contributed by atoms with van der Waals surface area (Å²) in [5.41, 5.74) is 4.09. The first kappa shape index (κ1) is 17.4. The Kier molecular flexibility index (Phi) is 4.69. The average Bonchev–Trinajstić information content (AvgIpc) is 2.67. The SMILES string of the molecule is Cc1ccnc(NC(=O)c2cc(-c3ccc(Br)cc3)nc3ccccc23)c1. The number of nitrogens with one attached hydrogen (secondary N) is 1. The highest BCUT2D eigenvalue weighted by molar-refractivity contribution is 9.10. The minimum atomic E-state index is -0.204. The van der Waals surface area contributed by atoms with Crippen LogP contribution >= 0.6 is 15.9 Å². The zero-order chi connectivity index (χ0) is 18.8. The summed E-state index contributed by atoms with van der Waals surface area (Å²) in [6.45, 7) is 1.96. The van der Waals surface area contributed by atoms with Crippen molar-refractivity contribution in [2.75, 3.05) is 5.32 Å². The fraction of sp³-hybridized carbons (Fsp3) is 0.0455. The monoisotopic (exact) mass is 417 g/mol. The van der Waals surface area contributed by atoms with E-state index in [0.29, 0.717) is 11.4 Å². The molecular formula is C22H16BrN3O. The highest BCUT2D eigenvalue weighted by Crippen LogP contribution is 2.26. The van der Waals surface area contributed by atoms with Crippen LogP contribution in [-0.2, 0) is 0 Å². The molecule has 4 aromatic rings. The second-order valence-electron chi connectivity index (χ2n) is 6.25. The number of hydrogen-bond acceptors (Lipinski definition) is 3. The number of halogens is 1. The molecule has 2 heterocycles. The number of carbonyl (C=O) groups is 1. The second-order valence-corrected chi connectivity index (χ2v) is 7.17. The van der Waals surface area contributed by atoms with Gasteiger partial charge in [-0.05, 0) is 48.9 Å². The molecule has 0 radical (unpaired) electrons. The lowest BCUT2D eigenvalue weighted by Gasteiger charge is -2.11. The fourth-order valence-electron chi connectivity index (χ4n) is 2.92. The van der Waals surface area contributed by atoms with Gasteiger partial charge in [0.25, 0.3) is 5.91 Å². The Morgan fingerprint density at radius 1 is 1.00 bits per heavy atom. The van der Waals surface area contributed by atoms with Crippen LogP contribution < -0.4 is 5.32 Å². The Balaban J connectivity index is 1.80. The standard InChI is InChI=1S/C22H16BrN3O/c1-14-10-11-24-21(12-14)26-22(27)18-13-20(15-6-8-16(23)9-7-15)25-19-5-3-2-4-17(18)19/h2-13H,1H3,(H,24,26,27). The van der Waals surface area contributed by atoms with Gasteiger partial charge in [0.05, 0.1) is 16.8 Å². The number of fused-ring (bicyclic) bond motifs is 1. The molecule has 132 valence electrons. The maximum absolute atomic E-state index is 13.0. The van der Waals surface area contributed by atoms with Crippen molar-refractivity contribution < 1.29 is 4.79 Å². The van der Waals surface area contributed by atoms with Gasteiger partial charge in [0.15, 0.2) is 0 Å². The van der Waals surface area contributed by atoms with Crippen LogP contribution in [0.4, 0.5) is 5.82 Å². The van der Waals surface area contributed by atoms with Gasteiger partial charge < -0.3 is 5.32 Å². The smallest absolute Gasteiger partial charge is 0.257 e. The van der Waals surface area contributed by atoms with Crippen molar-refractivity contribution in [3.05, 3.63) is 88.5 Å². The summed E-state index contributed by atoms with van der Waals surface area (Å²) in [4.78, 5) is 21.9. The van der Waals surface area contributed by atoms with Crippen LogP contribution in [0.5, 0.6) is 0 Å². The third-order valence-corrected chi connectivity index (χ3v) is 4.79. The fourth-order valence-corrected chi connectivity index (χ4v) is 3.18. The van der Waals surface area contributed by atoms with Crippen LogP contribution in [0.1, 0.15) is 15.9 Å². The third-order valence-electron chi connectivity index (χ3n) is 4.26. The summed E-state index contributed by atoms with van der Waals surface area (Å²) < 4.78 is 0.996. The Morgan fingerprint density at radius 3 is 2.56 bits per heavy atom. The highest BCUT2D eigenvalue weighted by Gasteiger charge is 2.14. The van der Waals surface area contributed by atoms with Gasteiger partial charge >= 0.3 is 0 Å². The zero-order valence-electron chi connectivity index (χ0n) is 14.6. The third kappa shape index (κ3) is 3.73. The molecule has 0 fully saturated rings. The highest BCUT2D eigenvalue weighted by atomic mass is 79.9. The number of pyridine rings is 2. The number of hydrogen-bond donors (Lipinski definition) is 1. The van der Waals surface area contributed by atoms with E-state index >= 15 is 0 Å². The van der Waals surface area contributed by atoms with Crippen LogP contribution in [0.25, 0.3) is 22.2 Å². The number of para-hydroxylation sites is 1. The van der Waals surface area contributed by atoms with Gasteiger partial charge in [-0.3, -0.25) is 4.79 Å². The van der Waals surface area contributed by atoms with E-state index in [0.717, 1.165) is 32.2 Å².